The first kappa shape index (κ1) is 17.6. The normalized spacial score (nSPS) is 14.6. The summed E-state index contributed by atoms with van der Waals surface area (Å²) in [6.45, 7) is 6.36. The highest BCUT2D eigenvalue weighted by atomic mass is 32.2. The van der Waals surface area contributed by atoms with Gasteiger partial charge in [0.15, 0.2) is 9.84 Å². The number of nitrogens with one attached hydrogen (secondary N) is 1. The van der Waals surface area contributed by atoms with E-state index in [9.17, 15) is 18.5 Å². The first-order chi connectivity index (χ1) is 9.80. The number of hydrogen-bond acceptors (Lipinski definition) is 5. The minimum Gasteiger partial charge on any atom is -0.314 e. The van der Waals surface area contributed by atoms with Gasteiger partial charge in [-0.3, -0.25) is 10.1 Å². The van der Waals surface area contributed by atoms with Crippen LogP contribution in [-0.4, -0.2) is 31.2 Å². The highest BCUT2D eigenvalue weighted by Gasteiger charge is 2.31. The SMILES string of the molecule is CCCNC(C)CC(C)S(=O)(=O)c1ccccc1[N+](=O)[O-]. The summed E-state index contributed by atoms with van der Waals surface area (Å²) in [6, 6.07) is 5.53. The average molecular weight is 314 g/mol. The molecule has 2 unspecified atom stereocenters. The van der Waals surface area contributed by atoms with E-state index in [1.54, 1.807) is 6.92 Å². The molecule has 2 atom stereocenters. The molecule has 0 saturated carbocycles. The molecular weight excluding hydrogens is 292 g/mol. The van der Waals surface area contributed by atoms with Crippen molar-refractivity contribution in [2.75, 3.05) is 6.54 Å². The van der Waals surface area contributed by atoms with Gasteiger partial charge >= 0.3 is 0 Å². The molecule has 21 heavy (non-hydrogen) atoms. The van der Waals surface area contributed by atoms with E-state index in [0.717, 1.165) is 13.0 Å². The van der Waals surface area contributed by atoms with Gasteiger partial charge in [-0.1, -0.05) is 19.1 Å². The molecule has 0 aliphatic carbocycles. The molecule has 0 amide bonds. The van der Waals surface area contributed by atoms with E-state index in [2.05, 4.69) is 5.32 Å². The zero-order valence-corrected chi connectivity index (χ0v) is 13.4. The molecule has 0 fully saturated rings. The molecule has 1 aromatic rings. The molecule has 0 aromatic heterocycles. The van der Waals surface area contributed by atoms with Crippen LogP contribution in [0.5, 0.6) is 0 Å². The van der Waals surface area contributed by atoms with Crippen LogP contribution in [0.4, 0.5) is 5.69 Å². The van der Waals surface area contributed by atoms with E-state index < -0.39 is 20.0 Å². The zero-order chi connectivity index (χ0) is 16.0. The van der Waals surface area contributed by atoms with Crippen LogP contribution in [0.1, 0.15) is 33.6 Å². The summed E-state index contributed by atoms with van der Waals surface area (Å²) in [5.41, 5.74) is -0.362. The van der Waals surface area contributed by atoms with Crippen LogP contribution >= 0.6 is 0 Å². The third-order valence-corrected chi connectivity index (χ3v) is 5.54. The minimum absolute atomic E-state index is 0.0393. The number of sulfone groups is 1. The summed E-state index contributed by atoms with van der Waals surface area (Å²) >= 11 is 0. The summed E-state index contributed by atoms with van der Waals surface area (Å²) in [5.74, 6) is 0. The smallest absolute Gasteiger partial charge is 0.287 e. The number of nitrogens with zero attached hydrogens (tertiary/aromatic N) is 1. The molecule has 0 radical (unpaired) electrons. The Morgan fingerprint density at radius 3 is 2.48 bits per heavy atom. The number of benzene rings is 1. The Balaban J connectivity index is 2.98. The number of rotatable bonds is 8. The molecule has 0 saturated heterocycles. The fourth-order valence-electron chi connectivity index (χ4n) is 2.16. The van der Waals surface area contributed by atoms with Crippen molar-refractivity contribution in [2.24, 2.45) is 0 Å². The number of hydrogen-bond donors (Lipinski definition) is 1. The molecular formula is C14H22N2O4S. The summed E-state index contributed by atoms with van der Waals surface area (Å²) in [7, 11) is -3.72. The quantitative estimate of drug-likeness (QED) is 0.588. The molecule has 0 spiro atoms. The molecule has 0 aliphatic rings. The molecule has 6 nitrogen and oxygen atoms in total. The number of nitro groups is 1. The highest BCUT2D eigenvalue weighted by Crippen LogP contribution is 2.27. The van der Waals surface area contributed by atoms with Crippen LogP contribution < -0.4 is 5.32 Å². The molecule has 0 heterocycles. The molecule has 0 aliphatic heterocycles. The van der Waals surface area contributed by atoms with Crippen LogP contribution in [0.3, 0.4) is 0 Å². The first-order valence-corrected chi connectivity index (χ1v) is 8.56. The standard InChI is InChI=1S/C14H22N2O4S/c1-4-9-15-11(2)10-12(3)21(19,20)14-8-6-5-7-13(14)16(17)18/h5-8,11-12,15H,4,9-10H2,1-3H3. The minimum atomic E-state index is -3.72. The van der Waals surface area contributed by atoms with E-state index in [0.29, 0.717) is 6.42 Å². The van der Waals surface area contributed by atoms with Crippen LogP contribution in [0, 0.1) is 10.1 Å². The lowest BCUT2D eigenvalue weighted by atomic mass is 10.2. The van der Waals surface area contributed by atoms with Crippen molar-refractivity contribution >= 4 is 15.5 Å². The topological polar surface area (TPSA) is 89.3 Å². The predicted molar refractivity (Wildman–Crippen MR) is 82.1 cm³/mol. The Hall–Kier alpha value is -1.47. The van der Waals surface area contributed by atoms with Crippen molar-refractivity contribution in [2.45, 2.75) is 49.8 Å². The Labute approximate surface area is 125 Å². The van der Waals surface area contributed by atoms with Crippen molar-refractivity contribution in [3.63, 3.8) is 0 Å². The van der Waals surface area contributed by atoms with E-state index in [-0.39, 0.29) is 16.6 Å². The summed E-state index contributed by atoms with van der Waals surface area (Å²) < 4.78 is 25.1. The lowest BCUT2D eigenvalue weighted by Crippen LogP contribution is -2.32. The second-order valence-corrected chi connectivity index (χ2v) is 7.51. The zero-order valence-electron chi connectivity index (χ0n) is 12.6. The molecule has 118 valence electrons. The summed E-state index contributed by atoms with van der Waals surface area (Å²) in [4.78, 5) is 10.1. The van der Waals surface area contributed by atoms with Crippen LogP contribution in [0.15, 0.2) is 29.2 Å². The predicted octanol–water partition coefficient (Wildman–Crippen LogP) is 2.54. The third kappa shape index (κ3) is 4.50. The first-order valence-electron chi connectivity index (χ1n) is 7.01. The monoisotopic (exact) mass is 314 g/mol. The van der Waals surface area contributed by atoms with Gasteiger partial charge in [0.1, 0.15) is 4.90 Å². The highest BCUT2D eigenvalue weighted by molar-refractivity contribution is 7.92. The van der Waals surface area contributed by atoms with Crippen LogP contribution in [-0.2, 0) is 9.84 Å². The van der Waals surface area contributed by atoms with Gasteiger partial charge < -0.3 is 5.32 Å². The maximum atomic E-state index is 12.5. The van der Waals surface area contributed by atoms with Crippen molar-refractivity contribution in [1.82, 2.24) is 5.32 Å². The molecule has 0 bridgehead atoms. The lowest BCUT2D eigenvalue weighted by molar-refractivity contribution is -0.387. The third-order valence-electron chi connectivity index (χ3n) is 3.33. The maximum Gasteiger partial charge on any atom is 0.287 e. The van der Waals surface area contributed by atoms with Gasteiger partial charge in [-0.25, -0.2) is 8.42 Å². The molecule has 7 heteroatoms. The molecule has 1 N–H and O–H groups in total. The number of para-hydroxylation sites is 1. The van der Waals surface area contributed by atoms with Gasteiger partial charge in [0.05, 0.1) is 10.2 Å². The molecule has 1 aromatic carbocycles. The fourth-order valence-corrected chi connectivity index (χ4v) is 3.84. The largest absolute Gasteiger partial charge is 0.314 e. The van der Waals surface area contributed by atoms with Gasteiger partial charge in [0, 0.05) is 12.1 Å². The van der Waals surface area contributed by atoms with E-state index in [1.165, 1.54) is 24.3 Å². The van der Waals surface area contributed by atoms with Gasteiger partial charge in [-0.15, -0.1) is 0 Å². The van der Waals surface area contributed by atoms with Crippen molar-refractivity contribution in [3.05, 3.63) is 34.4 Å². The molecule has 1 rings (SSSR count). The summed E-state index contributed by atoms with van der Waals surface area (Å²) in [5, 5.41) is 13.5. The van der Waals surface area contributed by atoms with E-state index >= 15 is 0 Å². The van der Waals surface area contributed by atoms with Gasteiger partial charge in [-0.2, -0.15) is 0 Å². The number of nitro benzene ring substituents is 1. The Morgan fingerprint density at radius 1 is 1.29 bits per heavy atom. The lowest BCUT2D eigenvalue weighted by Gasteiger charge is -2.18. The second-order valence-electron chi connectivity index (χ2n) is 5.17. The fraction of sp³-hybridized carbons (Fsp3) is 0.571. The van der Waals surface area contributed by atoms with E-state index in [4.69, 9.17) is 0 Å². The maximum absolute atomic E-state index is 12.5. The average Bonchev–Trinajstić information content (AvgIpc) is 2.44. The van der Waals surface area contributed by atoms with Crippen molar-refractivity contribution in [3.8, 4) is 0 Å². The Morgan fingerprint density at radius 2 is 1.90 bits per heavy atom. The van der Waals surface area contributed by atoms with Gasteiger partial charge in [0.2, 0.25) is 0 Å². The van der Waals surface area contributed by atoms with Crippen molar-refractivity contribution < 1.29 is 13.3 Å². The van der Waals surface area contributed by atoms with E-state index in [1.807, 2.05) is 13.8 Å². The van der Waals surface area contributed by atoms with Crippen LogP contribution in [0.25, 0.3) is 0 Å². The second kappa shape index (κ2) is 7.51. The van der Waals surface area contributed by atoms with Crippen molar-refractivity contribution in [1.29, 1.82) is 0 Å². The Bertz CT molecular complexity index is 586. The van der Waals surface area contributed by atoms with Crippen LogP contribution in [0.2, 0.25) is 0 Å². The summed E-state index contributed by atoms with van der Waals surface area (Å²) in [6.07, 6.45) is 1.38. The Kier molecular flexibility index (Phi) is 6.29. The van der Waals surface area contributed by atoms with Gasteiger partial charge in [0.25, 0.3) is 5.69 Å². The van der Waals surface area contributed by atoms with Gasteiger partial charge in [-0.05, 0) is 39.3 Å².